The predicted molar refractivity (Wildman–Crippen MR) is 409 cm³/mol. The summed E-state index contributed by atoms with van der Waals surface area (Å²) in [6, 6.07) is 0. The van der Waals surface area contributed by atoms with Crippen molar-refractivity contribution >= 4 is 39.5 Å². The van der Waals surface area contributed by atoms with Gasteiger partial charge < -0.3 is 33.8 Å². The van der Waals surface area contributed by atoms with Crippen molar-refractivity contribution in [3.05, 3.63) is 0 Å². The summed E-state index contributed by atoms with van der Waals surface area (Å²) in [5.74, 6) is -0.560. The van der Waals surface area contributed by atoms with Gasteiger partial charge in [0.1, 0.15) is 19.3 Å². The second kappa shape index (κ2) is 72.6. The average Bonchev–Trinajstić information content (AvgIpc) is 0.928. The van der Waals surface area contributed by atoms with Crippen LogP contribution in [0.25, 0.3) is 0 Å². The van der Waals surface area contributed by atoms with Gasteiger partial charge in [0.2, 0.25) is 0 Å². The SMILES string of the molecule is CCCCCCCCCCCCCCCCCCCC(=O)OC[C@H](COP(=O)(O)OC[C@@H](O)COP(=O)(O)OC[C@@H](COC(=O)CCCCCCCCC(C)C)OC(=O)CCCCCCCCCCCCCC)OC(=O)CCCCCCCCCCCCCCCCCCCCC(C)CC. The fourth-order valence-corrected chi connectivity index (χ4v) is 14.1. The first-order chi connectivity index (χ1) is 48.4. The van der Waals surface area contributed by atoms with Crippen molar-refractivity contribution in [3.8, 4) is 0 Å². The Bertz CT molecular complexity index is 1930. The summed E-state index contributed by atoms with van der Waals surface area (Å²) in [5, 5.41) is 10.6. The molecule has 0 rings (SSSR count). The Kier molecular flexibility index (Phi) is 71.2. The Morgan fingerprint density at radius 3 is 0.760 bits per heavy atom. The number of unbranched alkanes of at least 4 members (excludes halogenated alkanes) is 49. The summed E-state index contributed by atoms with van der Waals surface area (Å²) in [6.45, 7) is 9.61. The molecule has 0 aromatic rings. The van der Waals surface area contributed by atoms with Crippen LogP contribution in [0.1, 0.15) is 427 Å². The highest BCUT2D eigenvalue weighted by atomic mass is 31.2. The molecule has 0 aliphatic rings. The van der Waals surface area contributed by atoms with Gasteiger partial charge in [-0.3, -0.25) is 37.3 Å². The smallest absolute Gasteiger partial charge is 0.462 e. The molecule has 6 atom stereocenters. The van der Waals surface area contributed by atoms with Crippen LogP contribution in [0.2, 0.25) is 0 Å². The lowest BCUT2D eigenvalue weighted by molar-refractivity contribution is -0.161. The zero-order valence-corrected chi connectivity index (χ0v) is 67.3. The van der Waals surface area contributed by atoms with E-state index >= 15 is 0 Å². The molecule has 100 heavy (non-hydrogen) atoms. The van der Waals surface area contributed by atoms with Crippen molar-refractivity contribution in [2.24, 2.45) is 11.8 Å². The lowest BCUT2D eigenvalue weighted by Gasteiger charge is -2.21. The Morgan fingerprint density at radius 1 is 0.290 bits per heavy atom. The van der Waals surface area contributed by atoms with Gasteiger partial charge in [-0.2, -0.15) is 0 Å². The first-order valence-electron chi connectivity index (χ1n) is 42.0. The highest BCUT2D eigenvalue weighted by molar-refractivity contribution is 7.47. The van der Waals surface area contributed by atoms with E-state index in [-0.39, 0.29) is 25.7 Å². The zero-order chi connectivity index (χ0) is 73.5. The molecule has 0 aliphatic carbocycles. The van der Waals surface area contributed by atoms with E-state index in [2.05, 4.69) is 41.5 Å². The molecule has 0 aromatic carbocycles. The first kappa shape index (κ1) is 98.1. The van der Waals surface area contributed by atoms with Crippen molar-refractivity contribution in [2.75, 3.05) is 39.6 Å². The van der Waals surface area contributed by atoms with Gasteiger partial charge in [-0.05, 0) is 37.5 Å². The summed E-state index contributed by atoms with van der Waals surface area (Å²) >= 11 is 0. The number of esters is 4. The minimum absolute atomic E-state index is 0.107. The zero-order valence-electron chi connectivity index (χ0n) is 65.5. The molecule has 0 heterocycles. The van der Waals surface area contributed by atoms with Crippen LogP contribution in [0.3, 0.4) is 0 Å². The van der Waals surface area contributed by atoms with Gasteiger partial charge in [-0.25, -0.2) is 9.13 Å². The van der Waals surface area contributed by atoms with Gasteiger partial charge in [0.25, 0.3) is 0 Å². The highest BCUT2D eigenvalue weighted by Crippen LogP contribution is 2.45. The van der Waals surface area contributed by atoms with E-state index in [1.165, 1.54) is 238 Å². The number of aliphatic hydroxyl groups is 1. The van der Waals surface area contributed by atoms with Crippen LogP contribution in [-0.2, 0) is 65.4 Å². The number of carbonyl (C=O) groups is 4. The van der Waals surface area contributed by atoms with E-state index in [4.69, 9.17) is 37.0 Å². The minimum Gasteiger partial charge on any atom is -0.462 e. The number of hydrogen-bond donors (Lipinski definition) is 3. The van der Waals surface area contributed by atoms with Gasteiger partial charge in [0.05, 0.1) is 26.4 Å². The molecular formula is C81H158O17P2. The molecule has 0 saturated carbocycles. The topological polar surface area (TPSA) is 237 Å². The van der Waals surface area contributed by atoms with Gasteiger partial charge in [-0.15, -0.1) is 0 Å². The van der Waals surface area contributed by atoms with Gasteiger partial charge in [0, 0.05) is 25.7 Å². The van der Waals surface area contributed by atoms with E-state index in [0.29, 0.717) is 31.6 Å². The average molecular weight is 1470 g/mol. The Balaban J connectivity index is 5.19. The molecule has 0 spiro atoms. The minimum atomic E-state index is -4.96. The molecule has 3 N–H and O–H groups in total. The number of hydrogen-bond acceptors (Lipinski definition) is 15. The second-order valence-corrected chi connectivity index (χ2v) is 32.8. The van der Waals surface area contributed by atoms with E-state index in [1.807, 2.05) is 0 Å². The number of ether oxygens (including phenoxy) is 4. The van der Waals surface area contributed by atoms with Gasteiger partial charge >= 0.3 is 39.5 Å². The maximum Gasteiger partial charge on any atom is 0.472 e. The molecule has 0 saturated heterocycles. The number of carbonyl (C=O) groups excluding carboxylic acids is 4. The van der Waals surface area contributed by atoms with Crippen LogP contribution < -0.4 is 0 Å². The summed E-state index contributed by atoms with van der Waals surface area (Å²) in [7, 11) is -9.92. The van der Waals surface area contributed by atoms with E-state index in [1.54, 1.807) is 0 Å². The third kappa shape index (κ3) is 73.0. The number of phosphoric ester groups is 2. The third-order valence-electron chi connectivity index (χ3n) is 19.3. The lowest BCUT2D eigenvalue weighted by Crippen LogP contribution is -2.30. The number of aliphatic hydroxyl groups excluding tert-OH is 1. The molecule has 0 aliphatic heterocycles. The van der Waals surface area contributed by atoms with E-state index < -0.39 is 97.5 Å². The monoisotopic (exact) mass is 1470 g/mol. The molecule has 17 nitrogen and oxygen atoms in total. The molecule has 0 amide bonds. The molecule has 0 bridgehead atoms. The van der Waals surface area contributed by atoms with Crippen LogP contribution in [0.15, 0.2) is 0 Å². The standard InChI is InChI=1S/C81H158O17P2/c1-7-10-12-14-16-18-20-22-23-26-30-33-37-40-44-51-57-63-78(83)91-69-76(97-81(86)66-60-54-46-42-38-34-31-28-25-24-27-29-32-35-39-43-50-56-62-74(6)9-3)71-95-99(87,88)93-67-75(82)68-94-100(89,90)96-72-77(70-92-79(84)64-58-52-48-47-49-55-61-73(4)5)98-80(85)65-59-53-45-41-36-21-19-17-15-13-11-8-2/h73-77,82H,7-72H2,1-6H3,(H,87,88)(H,89,90)/t74?,75-,76-,77-/m1/s1. The maximum absolute atomic E-state index is 13.1. The summed E-state index contributed by atoms with van der Waals surface area (Å²) in [5.41, 5.74) is 0. The molecule has 0 radical (unpaired) electrons. The van der Waals surface area contributed by atoms with Crippen LogP contribution in [-0.4, -0.2) is 96.7 Å². The second-order valence-electron chi connectivity index (χ2n) is 29.9. The first-order valence-corrected chi connectivity index (χ1v) is 45.0. The van der Waals surface area contributed by atoms with Crippen LogP contribution in [0.4, 0.5) is 0 Å². The van der Waals surface area contributed by atoms with Crippen molar-refractivity contribution in [1.29, 1.82) is 0 Å². The number of rotatable bonds is 80. The van der Waals surface area contributed by atoms with Crippen molar-refractivity contribution < 1.29 is 80.2 Å². The maximum atomic E-state index is 13.1. The molecule has 0 aromatic heterocycles. The van der Waals surface area contributed by atoms with Crippen molar-refractivity contribution in [1.82, 2.24) is 0 Å². The molecule has 19 heteroatoms. The molecule has 3 unspecified atom stereocenters. The number of phosphoric acid groups is 2. The summed E-state index contributed by atoms with van der Waals surface area (Å²) in [6.07, 6.45) is 62.6. The van der Waals surface area contributed by atoms with Crippen LogP contribution in [0.5, 0.6) is 0 Å². The van der Waals surface area contributed by atoms with E-state index in [0.717, 1.165) is 102 Å². The van der Waals surface area contributed by atoms with Crippen molar-refractivity contribution in [2.45, 2.75) is 445 Å². The van der Waals surface area contributed by atoms with Gasteiger partial charge in [-0.1, -0.05) is 375 Å². The molecular weight excluding hydrogens is 1310 g/mol. The fourth-order valence-electron chi connectivity index (χ4n) is 12.5. The molecule has 594 valence electrons. The Labute approximate surface area is 613 Å². The Morgan fingerprint density at radius 2 is 0.510 bits per heavy atom. The summed E-state index contributed by atoms with van der Waals surface area (Å²) < 4.78 is 68.6. The fraction of sp³-hybridized carbons (Fsp3) is 0.951. The third-order valence-corrected chi connectivity index (χ3v) is 21.2. The largest absolute Gasteiger partial charge is 0.472 e. The Hall–Kier alpha value is -1.94. The van der Waals surface area contributed by atoms with E-state index in [9.17, 15) is 43.2 Å². The van der Waals surface area contributed by atoms with Crippen LogP contribution >= 0.6 is 15.6 Å². The lowest BCUT2D eigenvalue weighted by atomic mass is 9.99. The van der Waals surface area contributed by atoms with Gasteiger partial charge in [0.15, 0.2) is 12.2 Å². The normalized spacial score (nSPS) is 14.2. The highest BCUT2D eigenvalue weighted by Gasteiger charge is 2.30. The van der Waals surface area contributed by atoms with Crippen molar-refractivity contribution in [3.63, 3.8) is 0 Å². The predicted octanol–water partition coefficient (Wildman–Crippen LogP) is 24.3. The van der Waals surface area contributed by atoms with Crippen LogP contribution in [0, 0.1) is 11.8 Å². The summed E-state index contributed by atoms with van der Waals surface area (Å²) in [4.78, 5) is 72.9. The molecule has 0 fully saturated rings. The quantitative estimate of drug-likeness (QED) is 0.0222.